The molecule has 0 aliphatic carbocycles. The number of rotatable bonds is 4. The van der Waals surface area contributed by atoms with Crippen LogP contribution in [-0.2, 0) is 16.8 Å². The Bertz CT molecular complexity index is 522. The number of aromatic hydroxyl groups is 2. The second kappa shape index (κ2) is 7.35. The number of hydrogen-bond acceptors (Lipinski definition) is 6. The number of hydrazine groups is 1. The normalized spacial score (nSPS) is 10.2. The molecule has 0 fully saturated rings. The molecule has 0 unspecified atom stereocenters. The van der Waals surface area contributed by atoms with Crippen molar-refractivity contribution in [1.82, 2.24) is 5.43 Å². The molecule has 1 aromatic carbocycles. The summed E-state index contributed by atoms with van der Waals surface area (Å²) in [5, 5.41) is 27.4. The third-order valence-electron chi connectivity index (χ3n) is 1.69. The molecule has 11 heteroatoms. The first-order valence-electron chi connectivity index (χ1n) is 4.68. The van der Waals surface area contributed by atoms with Crippen LogP contribution in [0.4, 0.5) is 0 Å². The van der Waals surface area contributed by atoms with Crippen molar-refractivity contribution < 1.29 is 32.8 Å². The highest BCUT2D eigenvalue weighted by atomic mass is 32.3. The van der Waals surface area contributed by atoms with Gasteiger partial charge in [-0.05, 0) is 24.1 Å². The van der Waals surface area contributed by atoms with E-state index in [1.165, 1.54) is 12.1 Å². The standard InChI is InChI=1S/C8H10N2O4.H2O4S/c11-7-2-1-6(5-8(7)12)3-4-9-10(13)14;1-5(2,3)4/h1-2,5,9,11-12H,3-4H2;(H2,1,2,3,4). The molecule has 108 valence electrons. The van der Waals surface area contributed by atoms with E-state index in [4.69, 9.17) is 27.7 Å². The number of nitro groups is 1. The Labute approximate surface area is 108 Å². The Morgan fingerprint density at radius 2 is 1.74 bits per heavy atom. The molecule has 0 heterocycles. The summed E-state index contributed by atoms with van der Waals surface area (Å²) in [5.74, 6) is -0.417. The van der Waals surface area contributed by atoms with Gasteiger partial charge in [0, 0.05) is 0 Å². The van der Waals surface area contributed by atoms with Crippen molar-refractivity contribution in [2.24, 2.45) is 0 Å². The van der Waals surface area contributed by atoms with E-state index in [0.29, 0.717) is 6.42 Å². The van der Waals surface area contributed by atoms with Crippen LogP contribution in [0.2, 0.25) is 0 Å². The zero-order valence-electron chi connectivity index (χ0n) is 9.42. The highest BCUT2D eigenvalue weighted by molar-refractivity contribution is 7.79. The van der Waals surface area contributed by atoms with Crippen LogP contribution in [0.25, 0.3) is 0 Å². The van der Waals surface area contributed by atoms with Crippen molar-refractivity contribution in [3.8, 4) is 11.5 Å². The lowest BCUT2D eigenvalue weighted by Gasteiger charge is -2.01. The average molecular weight is 296 g/mol. The van der Waals surface area contributed by atoms with Crippen LogP contribution in [-0.4, -0.2) is 39.3 Å². The van der Waals surface area contributed by atoms with Gasteiger partial charge in [-0.1, -0.05) is 6.07 Å². The zero-order chi connectivity index (χ0) is 15.1. The largest absolute Gasteiger partial charge is 0.504 e. The molecule has 0 aromatic heterocycles. The van der Waals surface area contributed by atoms with Crippen LogP contribution >= 0.6 is 0 Å². The third-order valence-corrected chi connectivity index (χ3v) is 1.69. The quantitative estimate of drug-likeness (QED) is 0.218. The number of phenols is 2. The van der Waals surface area contributed by atoms with Gasteiger partial charge in [-0.3, -0.25) is 9.11 Å². The molecule has 0 atom stereocenters. The molecule has 0 saturated heterocycles. The van der Waals surface area contributed by atoms with E-state index in [9.17, 15) is 10.1 Å². The molecule has 0 aliphatic heterocycles. The predicted octanol–water partition coefficient (Wildman–Crippen LogP) is -0.231. The zero-order valence-corrected chi connectivity index (χ0v) is 10.2. The lowest BCUT2D eigenvalue weighted by atomic mass is 10.1. The number of phenolic OH excluding ortho intramolecular Hbond substituents is 2. The summed E-state index contributed by atoms with van der Waals surface area (Å²) in [7, 11) is -4.67. The van der Waals surface area contributed by atoms with Crippen LogP contribution in [0.3, 0.4) is 0 Å². The Kier molecular flexibility index (Phi) is 6.54. The van der Waals surface area contributed by atoms with Crippen molar-refractivity contribution >= 4 is 10.4 Å². The van der Waals surface area contributed by atoms with E-state index in [2.05, 4.69) is 0 Å². The van der Waals surface area contributed by atoms with Crippen LogP contribution in [0.5, 0.6) is 11.5 Å². The minimum absolute atomic E-state index is 0.178. The maximum Gasteiger partial charge on any atom is 0.394 e. The summed E-state index contributed by atoms with van der Waals surface area (Å²) < 4.78 is 31.6. The Balaban J connectivity index is 0.000000555. The van der Waals surface area contributed by atoms with E-state index >= 15 is 0 Å². The molecular formula is C8H12N2O8S. The molecule has 1 aromatic rings. The smallest absolute Gasteiger partial charge is 0.394 e. The van der Waals surface area contributed by atoms with Gasteiger partial charge in [-0.15, -0.1) is 5.43 Å². The second-order valence-corrected chi connectivity index (χ2v) is 4.08. The molecule has 0 radical (unpaired) electrons. The maximum atomic E-state index is 9.92. The van der Waals surface area contributed by atoms with E-state index in [1.807, 2.05) is 5.43 Å². The van der Waals surface area contributed by atoms with Gasteiger partial charge in [0.2, 0.25) is 0 Å². The summed E-state index contributed by atoms with van der Waals surface area (Å²) in [5.41, 5.74) is 2.72. The van der Waals surface area contributed by atoms with Gasteiger partial charge < -0.3 is 10.2 Å². The van der Waals surface area contributed by atoms with Crippen LogP contribution in [0.15, 0.2) is 18.2 Å². The van der Waals surface area contributed by atoms with E-state index in [1.54, 1.807) is 6.07 Å². The predicted molar refractivity (Wildman–Crippen MR) is 62.7 cm³/mol. The monoisotopic (exact) mass is 296 g/mol. The molecule has 19 heavy (non-hydrogen) atoms. The van der Waals surface area contributed by atoms with Crippen LogP contribution < -0.4 is 5.43 Å². The summed E-state index contributed by atoms with van der Waals surface area (Å²) in [6.07, 6.45) is 0.412. The average Bonchev–Trinajstić information content (AvgIpc) is 2.20. The van der Waals surface area contributed by atoms with Crippen molar-refractivity contribution in [1.29, 1.82) is 0 Å². The fraction of sp³-hybridized carbons (Fsp3) is 0.250. The molecule has 5 N–H and O–H groups in total. The molecule has 10 nitrogen and oxygen atoms in total. The van der Waals surface area contributed by atoms with Gasteiger partial charge in [0.25, 0.3) is 0 Å². The SMILES string of the molecule is O=S(=O)(O)O.O=[N+]([O-])NCCc1ccc(O)c(O)c1. The van der Waals surface area contributed by atoms with Crippen molar-refractivity contribution in [2.45, 2.75) is 6.42 Å². The fourth-order valence-electron chi connectivity index (χ4n) is 1.02. The van der Waals surface area contributed by atoms with Gasteiger partial charge in [0.05, 0.1) is 6.54 Å². The maximum absolute atomic E-state index is 9.92. The van der Waals surface area contributed by atoms with E-state index < -0.39 is 15.4 Å². The lowest BCUT2D eigenvalue weighted by Crippen LogP contribution is -2.23. The summed E-state index contributed by atoms with van der Waals surface area (Å²) in [4.78, 5) is 9.92. The first-order chi connectivity index (χ1) is 8.59. The molecule has 1 rings (SSSR count). The van der Waals surface area contributed by atoms with Crippen molar-refractivity contribution in [3.05, 3.63) is 33.9 Å². The van der Waals surface area contributed by atoms with E-state index in [-0.39, 0.29) is 18.0 Å². The summed E-state index contributed by atoms with van der Waals surface area (Å²) >= 11 is 0. The summed E-state index contributed by atoms with van der Waals surface area (Å²) in [6.45, 7) is 0.178. The minimum Gasteiger partial charge on any atom is -0.504 e. The van der Waals surface area contributed by atoms with Gasteiger partial charge in [0.15, 0.2) is 16.5 Å². The number of nitrogens with zero attached hydrogens (tertiary/aromatic N) is 1. The highest BCUT2D eigenvalue weighted by Gasteiger charge is 2.01. The van der Waals surface area contributed by atoms with Gasteiger partial charge in [0.1, 0.15) is 0 Å². The highest BCUT2D eigenvalue weighted by Crippen LogP contribution is 2.24. The number of benzene rings is 1. The fourth-order valence-corrected chi connectivity index (χ4v) is 1.02. The molecule has 0 amide bonds. The van der Waals surface area contributed by atoms with Crippen molar-refractivity contribution in [3.63, 3.8) is 0 Å². The van der Waals surface area contributed by atoms with Crippen molar-refractivity contribution in [2.75, 3.05) is 6.54 Å². The molecular weight excluding hydrogens is 284 g/mol. The summed E-state index contributed by atoms with van der Waals surface area (Å²) in [6, 6.07) is 4.31. The van der Waals surface area contributed by atoms with Gasteiger partial charge in [-0.2, -0.15) is 8.42 Å². The Morgan fingerprint density at radius 3 is 2.16 bits per heavy atom. The minimum atomic E-state index is -4.67. The van der Waals surface area contributed by atoms with Gasteiger partial charge >= 0.3 is 10.4 Å². The van der Waals surface area contributed by atoms with Gasteiger partial charge in [-0.25, -0.2) is 10.1 Å². The third kappa shape index (κ3) is 10.7. The number of hydrogen-bond donors (Lipinski definition) is 5. The lowest BCUT2D eigenvalue weighted by molar-refractivity contribution is -0.543. The first kappa shape index (κ1) is 16.9. The molecule has 0 aliphatic rings. The number of nitrogens with one attached hydrogen (secondary N) is 1. The topological polar surface area (TPSA) is 170 Å². The van der Waals surface area contributed by atoms with E-state index in [0.717, 1.165) is 5.56 Å². The Hall–Kier alpha value is -2.11. The second-order valence-electron chi connectivity index (χ2n) is 3.19. The molecule has 0 saturated carbocycles. The van der Waals surface area contributed by atoms with Crippen LogP contribution in [0, 0.1) is 10.1 Å². The molecule has 0 spiro atoms. The first-order valence-corrected chi connectivity index (χ1v) is 6.08. The van der Waals surface area contributed by atoms with Crippen LogP contribution in [0.1, 0.15) is 5.56 Å². The Morgan fingerprint density at radius 1 is 1.21 bits per heavy atom. The molecule has 0 bridgehead atoms.